The molecular weight excluding hydrogens is 334 g/mol. The van der Waals surface area contributed by atoms with Gasteiger partial charge in [0.15, 0.2) is 5.16 Å². The van der Waals surface area contributed by atoms with Crippen molar-refractivity contribution in [1.29, 1.82) is 0 Å². The second kappa shape index (κ2) is 10.2. The number of aromatic nitrogens is 2. The molecule has 0 bridgehead atoms. The summed E-state index contributed by atoms with van der Waals surface area (Å²) < 4.78 is 7.86. The molecule has 1 aromatic heterocycles. The summed E-state index contributed by atoms with van der Waals surface area (Å²) in [6, 6.07) is 0.550. The van der Waals surface area contributed by atoms with Crippen LogP contribution in [0.15, 0.2) is 5.16 Å². The van der Waals surface area contributed by atoms with Gasteiger partial charge in [-0.2, -0.15) is 0 Å². The van der Waals surface area contributed by atoms with Crippen molar-refractivity contribution in [1.82, 2.24) is 14.9 Å². The van der Waals surface area contributed by atoms with Crippen molar-refractivity contribution in [3.63, 3.8) is 0 Å². The lowest BCUT2D eigenvalue weighted by Gasteiger charge is -2.26. The van der Waals surface area contributed by atoms with Gasteiger partial charge in [0.25, 0.3) is 0 Å². The first-order valence-corrected chi connectivity index (χ1v) is 10.5. The normalized spacial score (nSPS) is 15.7. The van der Waals surface area contributed by atoms with Gasteiger partial charge in [-0.15, -0.1) is 0 Å². The first-order chi connectivity index (χ1) is 12.0. The smallest absolute Gasteiger partial charge is 0.230 e. The van der Waals surface area contributed by atoms with Crippen LogP contribution < -0.4 is 5.32 Å². The van der Waals surface area contributed by atoms with E-state index in [4.69, 9.17) is 9.72 Å². The van der Waals surface area contributed by atoms with Gasteiger partial charge >= 0.3 is 0 Å². The van der Waals surface area contributed by atoms with Gasteiger partial charge < -0.3 is 14.6 Å². The third kappa shape index (κ3) is 6.33. The van der Waals surface area contributed by atoms with Crippen molar-refractivity contribution < 1.29 is 9.53 Å². The zero-order chi connectivity index (χ0) is 18.2. The predicted molar refractivity (Wildman–Crippen MR) is 103 cm³/mol. The number of nitrogens with one attached hydrogen (secondary N) is 1. The van der Waals surface area contributed by atoms with E-state index in [1.807, 2.05) is 13.8 Å². The van der Waals surface area contributed by atoms with Crippen LogP contribution in [-0.2, 0) is 9.53 Å². The number of thioether (sulfide) groups is 1. The number of hydrogen-bond acceptors (Lipinski definition) is 4. The van der Waals surface area contributed by atoms with E-state index >= 15 is 0 Å². The highest BCUT2D eigenvalue weighted by molar-refractivity contribution is 7.99. The third-order valence-corrected chi connectivity index (χ3v) is 5.67. The van der Waals surface area contributed by atoms with Gasteiger partial charge in [-0.1, -0.05) is 31.0 Å². The molecule has 0 unspecified atom stereocenters. The van der Waals surface area contributed by atoms with E-state index in [2.05, 4.69) is 23.7 Å². The maximum Gasteiger partial charge on any atom is 0.230 e. The number of carbonyl (C=O) groups is 1. The van der Waals surface area contributed by atoms with Gasteiger partial charge in [-0.25, -0.2) is 4.98 Å². The minimum Gasteiger partial charge on any atom is -0.379 e. The number of ether oxygens (including phenoxy) is 1. The van der Waals surface area contributed by atoms with Crippen LogP contribution in [0.5, 0.6) is 0 Å². The Morgan fingerprint density at radius 3 is 2.72 bits per heavy atom. The molecule has 142 valence electrons. The molecule has 1 N–H and O–H groups in total. The maximum atomic E-state index is 12.1. The van der Waals surface area contributed by atoms with Gasteiger partial charge in [0.2, 0.25) is 5.91 Å². The SMILES string of the molecule is Cc1nc(SCC(=O)NCCCOC(C)C)n(C2CCCCC2)c1C. The second-order valence-electron chi connectivity index (χ2n) is 7.14. The average Bonchev–Trinajstić information content (AvgIpc) is 2.87. The number of rotatable bonds is 9. The number of imidazole rings is 1. The summed E-state index contributed by atoms with van der Waals surface area (Å²) in [7, 11) is 0. The van der Waals surface area contributed by atoms with Crippen LogP contribution in [0.3, 0.4) is 0 Å². The topological polar surface area (TPSA) is 56.1 Å². The summed E-state index contributed by atoms with van der Waals surface area (Å²) in [4.78, 5) is 16.8. The van der Waals surface area contributed by atoms with E-state index in [-0.39, 0.29) is 12.0 Å². The summed E-state index contributed by atoms with van der Waals surface area (Å²) in [5.74, 6) is 0.497. The minimum atomic E-state index is 0.0723. The van der Waals surface area contributed by atoms with Crippen molar-refractivity contribution in [2.45, 2.75) is 83.5 Å². The molecule has 1 aromatic rings. The number of carbonyl (C=O) groups excluding carboxylic acids is 1. The van der Waals surface area contributed by atoms with Crippen LogP contribution in [0.2, 0.25) is 0 Å². The zero-order valence-electron chi connectivity index (χ0n) is 16.1. The molecule has 0 radical (unpaired) electrons. The van der Waals surface area contributed by atoms with Crippen molar-refractivity contribution in [3.8, 4) is 0 Å². The van der Waals surface area contributed by atoms with Gasteiger partial charge in [-0.3, -0.25) is 4.79 Å². The van der Waals surface area contributed by atoms with Gasteiger partial charge in [0, 0.05) is 24.9 Å². The Kier molecular flexibility index (Phi) is 8.30. The summed E-state index contributed by atoms with van der Waals surface area (Å²) in [6.45, 7) is 9.61. The molecule has 25 heavy (non-hydrogen) atoms. The van der Waals surface area contributed by atoms with Crippen molar-refractivity contribution in [3.05, 3.63) is 11.4 Å². The van der Waals surface area contributed by atoms with E-state index < -0.39 is 0 Å². The Hall–Kier alpha value is -1.01. The van der Waals surface area contributed by atoms with Crippen LogP contribution in [0.1, 0.15) is 69.8 Å². The molecule has 0 aromatic carbocycles. The number of nitrogens with zero attached hydrogens (tertiary/aromatic N) is 2. The highest BCUT2D eigenvalue weighted by Crippen LogP contribution is 2.34. The Bertz CT molecular complexity index is 551. The molecule has 6 heteroatoms. The molecule has 1 aliphatic rings. The van der Waals surface area contributed by atoms with E-state index in [0.717, 1.165) is 17.3 Å². The lowest BCUT2D eigenvalue weighted by Crippen LogP contribution is -2.27. The average molecular weight is 368 g/mol. The molecule has 2 rings (SSSR count). The fraction of sp³-hybridized carbons (Fsp3) is 0.789. The molecule has 1 heterocycles. The predicted octanol–water partition coefficient (Wildman–Crippen LogP) is 4.03. The van der Waals surface area contributed by atoms with Crippen LogP contribution in [-0.4, -0.2) is 40.5 Å². The van der Waals surface area contributed by atoms with E-state index in [0.29, 0.717) is 24.9 Å². The van der Waals surface area contributed by atoms with Crippen LogP contribution in [0.25, 0.3) is 0 Å². The fourth-order valence-electron chi connectivity index (χ4n) is 3.27. The number of hydrogen-bond donors (Lipinski definition) is 1. The van der Waals surface area contributed by atoms with Gasteiger partial charge in [-0.05, 0) is 47.0 Å². The quantitative estimate of drug-likeness (QED) is 0.529. The van der Waals surface area contributed by atoms with Gasteiger partial charge in [0.1, 0.15) is 0 Å². The fourth-order valence-corrected chi connectivity index (χ4v) is 4.26. The molecule has 0 atom stereocenters. The number of aryl methyl sites for hydroxylation is 1. The van der Waals surface area contributed by atoms with E-state index in [1.165, 1.54) is 37.8 Å². The maximum absolute atomic E-state index is 12.1. The molecule has 1 saturated carbocycles. The first kappa shape index (κ1) is 20.3. The second-order valence-corrected chi connectivity index (χ2v) is 8.08. The van der Waals surface area contributed by atoms with Crippen LogP contribution in [0.4, 0.5) is 0 Å². The molecule has 5 nitrogen and oxygen atoms in total. The van der Waals surface area contributed by atoms with Crippen LogP contribution >= 0.6 is 11.8 Å². The summed E-state index contributed by atoms with van der Waals surface area (Å²) in [5.41, 5.74) is 2.33. The Balaban J connectivity index is 1.81. The van der Waals surface area contributed by atoms with E-state index in [1.54, 1.807) is 11.8 Å². The molecule has 0 aliphatic heterocycles. The largest absolute Gasteiger partial charge is 0.379 e. The van der Waals surface area contributed by atoms with Crippen molar-refractivity contribution in [2.75, 3.05) is 18.9 Å². The Morgan fingerprint density at radius 1 is 1.32 bits per heavy atom. The molecule has 1 fully saturated rings. The van der Waals surface area contributed by atoms with Crippen molar-refractivity contribution in [2.24, 2.45) is 0 Å². The highest BCUT2D eigenvalue weighted by Gasteiger charge is 2.22. The minimum absolute atomic E-state index is 0.0723. The van der Waals surface area contributed by atoms with Gasteiger partial charge in [0.05, 0.1) is 17.6 Å². The Labute approximate surface area is 156 Å². The summed E-state index contributed by atoms with van der Waals surface area (Å²) in [6.07, 6.45) is 7.49. The molecule has 1 aliphatic carbocycles. The monoisotopic (exact) mass is 367 g/mol. The number of amides is 1. The van der Waals surface area contributed by atoms with Crippen LogP contribution in [0, 0.1) is 13.8 Å². The first-order valence-electron chi connectivity index (χ1n) is 9.55. The summed E-state index contributed by atoms with van der Waals surface area (Å²) in [5, 5.41) is 3.97. The lowest BCUT2D eigenvalue weighted by molar-refractivity contribution is -0.118. The van der Waals surface area contributed by atoms with E-state index in [9.17, 15) is 4.79 Å². The third-order valence-electron chi connectivity index (χ3n) is 4.72. The highest BCUT2D eigenvalue weighted by atomic mass is 32.2. The standard InChI is InChI=1S/C19H33N3O2S/c1-14(2)24-12-8-11-20-18(23)13-25-19-21-15(3)16(4)22(19)17-9-6-5-7-10-17/h14,17H,5-13H2,1-4H3,(H,20,23). The molecular formula is C19H33N3O2S. The zero-order valence-corrected chi connectivity index (χ0v) is 17.0. The van der Waals surface area contributed by atoms with Crippen molar-refractivity contribution >= 4 is 17.7 Å². The molecule has 0 saturated heterocycles. The Morgan fingerprint density at radius 2 is 2.04 bits per heavy atom. The molecule has 1 amide bonds. The summed E-state index contributed by atoms with van der Waals surface area (Å²) >= 11 is 1.56. The lowest BCUT2D eigenvalue weighted by atomic mass is 9.95. The molecule has 0 spiro atoms.